The normalized spacial score (nSPS) is 16.8. The molecule has 0 aliphatic carbocycles. The molecule has 7 nitrogen and oxygen atoms in total. The van der Waals surface area contributed by atoms with E-state index in [9.17, 15) is 9.18 Å². The van der Waals surface area contributed by atoms with Crippen LogP contribution in [0.2, 0.25) is 0 Å². The highest BCUT2D eigenvalue weighted by Crippen LogP contribution is 2.35. The van der Waals surface area contributed by atoms with E-state index in [0.717, 1.165) is 35.3 Å². The lowest BCUT2D eigenvalue weighted by Crippen LogP contribution is -2.32. The second-order valence-corrected chi connectivity index (χ2v) is 10.3. The van der Waals surface area contributed by atoms with Gasteiger partial charge in [0.25, 0.3) is 5.91 Å². The first-order valence-electron chi connectivity index (χ1n) is 12.1. The highest BCUT2D eigenvalue weighted by atomic mass is 32.1. The number of benzene rings is 2. The maximum absolute atomic E-state index is 14.3. The molecule has 0 bridgehead atoms. The number of anilines is 1. The van der Waals surface area contributed by atoms with E-state index in [0.29, 0.717) is 29.9 Å². The summed E-state index contributed by atoms with van der Waals surface area (Å²) in [5, 5.41) is 9.78. The van der Waals surface area contributed by atoms with Crippen molar-refractivity contribution in [3.05, 3.63) is 58.9 Å². The van der Waals surface area contributed by atoms with Gasteiger partial charge in [-0.2, -0.15) is 0 Å². The molecule has 3 aromatic rings. The highest BCUT2D eigenvalue weighted by molar-refractivity contribution is 7.18. The molecular formula is C27H32FN3O4S. The Bertz CT molecular complexity index is 1210. The molecule has 9 heteroatoms. The van der Waals surface area contributed by atoms with Gasteiger partial charge in [-0.15, -0.1) is 10.2 Å². The Hall–Kier alpha value is -2.88. The monoisotopic (exact) mass is 513 g/mol. The molecular weight excluding hydrogens is 481 g/mol. The van der Waals surface area contributed by atoms with Crippen LogP contribution in [0.4, 0.5) is 9.52 Å². The van der Waals surface area contributed by atoms with Gasteiger partial charge in [0, 0.05) is 12.1 Å². The topological polar surface area (TPSA) is 73.8 Å². The van der Waals surface area contributed by atoms with E-state index in [1.54, 1.807) is 12.1 Å². The van der Waals surface area contributed by atoms with Crippen LogP contribution in [-0.2, 0) is 9.47 Å². The van der Waals surface area contributed by atoms with Crippen molar-refractivity contribution in [2.75, 3.05) is 24.7 Å². The maximum Gasteiger partial charge on any atom is 0.263 e. The fraction of sp³-hybridized carbons (Fsp3) is 0.444. The van der Waals surface area contributed by atoms with Crippen molar-refractivity contribution in [1.82, 2.24) is 10.2 Å². The van der Waals surface area contributed by atoms with Crippen LogP contribution >= 0.6 is 11.3 Å². The van der Waals surface area contributed by atoms with E-state index in [2.05, 4.69) is 10.2 Å². The number of nitrogens with zero attached hydrogens (tertiary/aromatic N) is 3. The molecule has 1 aliphatic heterocycles. The first kappa shape index (κ1) is 26.2. The summed E-state index contributed by atoms with van der Waals surface area (Å²) in [6.45, 7) is 11.1. The lowest BCUT2D eigenvalue weighted by molar-refractivity contribution is -0.141. The number of carbonyl (C=O) groups excluding carboxylic acids is 1. The molecule has 1 aliphatic rings. The summed E-state index contributed by atoms with van der Waals surface area (Å²) >= 11 is 1.31. The van der Waals surface area contributed by atoms with E-state index < -0.39 is 17.5 Å². The number of unbranched alkanes of at least 4 members (excludes halogenated alkanes) is 1. The van der Waals surface area contributed by atoms with Gasteiger partial charge in [-0.25, -0.2) is 4.39 Å². The molecule has 192 valence electrons. The predicted molar refractivity (Wildman–Crippen MR) is 138 cm³/mol. The molecule has 1 amide bonds. The molecule has 0 radical (unpaired) electrons. The van der Waals surface area contributed by atoms with Gasteiger partial charge in [0.15, 0.2) is 5.79 Å². The summed E-state index contributed by atoms with van der Waals surface area (Å²) in [6, 6.07) is 10.0. The number of aromatic nitrogens is 2. The molecule has 4 rings (SSSR count). The van der Waals surface area contributed by atoms with Crippen molar-refractivity contribution in [2.45, 2.75) is 59.4 Å². The summed E-state index contributed by atoms with van der Waals surface area (Å²) < 4.78 is 31.9. The minimum atomic E-state index is -0.587. The summed E-state index contributed by atoms with van der Waals surface area (Å²) in [5.41, 5.74) is 2.84. The SMILES string of the molecule is CCCCN(C(=O)c1ccccc1F)c1nnc(-c2cc(C)c(OCC3COC(C)(C)O3)c(C)c2)s1. The number of ether oxygens (including phenoxy) is 3. The van der Waals surface area contributed by atoms with Crippen LogP contribution in [0.15, 0.2) is 36.4 Å². The van der Waals surface area contributed by atoms with Crippen molar-refractivity contribution in [3.63, 3.8) is 0 Å². The second kappa shape index (κ2) is 11.0. The van der Waals surface area contributed by atoms with Gasteiger partial charge >= 0.3 is 0 Å². The zero-order chi connectivity index (χ0) is 25.9. The van der Waals surface area contributed by atoms with Crippen LogP contribution in [0.5, 0.6) is 5.75 Å². The van der Waals surface area contributed by atoms with E-state index >= 15 is 0 Å². The molecule has 0 N–H and O–H groups in total. The Morgan fingerprint density at radius 2 is 1.94 bits per heavy atom. The van der Waals surface area contributed by atoms with Crippen molar-refractivity contribution in [2.24, 2.45) is 0 Å². The number of hydrogen-bond donors (Lipinski definition) is 0. The number of carbonyl (C=O) groups is 1. The van der Waals surface area contributed by atoms with Gasteiger partial charge in [-0.05, 0) is 69.5 Å². The lowest BCUT2D eigenvalue weighted by Gasteiger charge is -2.19. The van der Waals surface area contributed by atoms with E-state index in [1.165, 1.54) is 28.4 Å². The van der Waals surface area contributed by atoms with Gasteiger partial charge in [0.2, 0.25) is 5.13 Å². The zero-order valence-corrected chi connectivity index (χ0v) is 22.2. The molecule has 2 aromatic carbocycles. The lowest BCUT2D eigenvalue weighted by atomic mass is 10.1. The Morgan fingerprint density at radius 1 is 1.22 bits per heavy atom. The van der Waals surface area contributed by atoms with Crippen LogP contribution in [0.25, 0.3) is 10.6 Å². The Labute approximate surface area is 215 Å². The average molecular weight is 514 g/mol. The maximum atomic E-state index is 14.3. The van der Waals surface area contributed by atoms with Gasteiger partial charge in [-0.1, -0.05) is 36.8 Å². The highest BCUT2D eigenvalue weighted by Gasteiger charge is 2.33. The van der Waals surface area contributed by atoms with Crippen LogP contribution in [0.1, 0.15) is 55.1 Å². The second-order valence-electron chi connectivity index (χ2n) is 9.38. The standard InChI is InChI=1S/C27H32FN3O4S/c1-6-7-12-31(25(32)21-10-8-9-11-22(21)28)26-30-29-24(36-26)19-13-17(2)23(18(3)14-19)33-15-20-16-34-27(4,5)35-20/h8-11,13-14,20H,6-7,12,15-16H2,1-5H3. The van der Waals surface area contributed by atoms with E-state index in [1.807, 2.05) is 46.8 Å². The number of amides is 1. The molecule has 1 atom stereocenters. The summed E-state index contributed by atoms with van der Waals surface area (Å²) in [6.07, 6.45) is 1.54. The Balaban J connectivity index is 1.54. The Kier molecular flexibility index (Phi) is 8.02. The third-order valence-corrected chi connectivity index (χ3v) is 6.91. The van der Waals surface area contributed by atoms with Gasteiger partial charge in [-0.3, -0.25) is 9.69 Å². The largest absolute Gasteiger partial charge is 0.490 e. The molecule has 1 unspecified atom stereocenters. The van der Waals surface area contributed by atoms with E-state index in [4.69, 9.17) is 14.2 Å². The predicted octanol–water partition coefficient (Wildman–Crippen LogP) is 5.94. The van der Waals surface area contributed by atoms with Crippen LogP contribution in [-0.4, -0.2) is 47.8 Å². The fourth-order valence-electron chi connectivity index (χ4n) is 4.14. The van der Waals surface area contributed by atoms with Gasteiger partial charge < -0.3 is 14.2 Å². The number of hydrogen-bond acceptors (Lipinski definition) is 7. The van der Waals surface area contributed by atoms with Crippen molar-refractivity contribution in [1.29, 1.82) is 0 Å². The van der Waals surface area contributed by atoms with E-state index in [-0.39, 0.29) is 11.7 Å². The van der Waals surface area contributed by atoms with Crippen LogP contribution in [0, 0.1) is 19.7 Å². The minimum Gasteiger partial charge on any atom is -0.490 e. The quantitative estimate of drug-likeness (QED) is 0.353. The van der Waals surface area contributed by atoms with Gasteiger partial charge in [0.05, 0.1) is 12.2 Å². The minimum absolute atomic E-state index is 0.0265. The number of rotatable bonds is 9. The molecule has 1 aromatic heterocycles. The Morgan fingerprint density at radius 3 is 2.58 bits per heavy atom. The summed E-state index contributed by atoms with van der Waals surface area (Å²) in [7, 11) is 0. The molecule has 0 spiro atoms. The van der Waals surface area contributed by atoms with Crippen molar-refractivity contribution >= 4 is 22.4 Å². The molecule has 1 saturated heterocycles. The molecule has 0 saturated carbocycles. The average Bonchev–Trinajstić information content (AvgIpc) is 3.45. The third kappa shape index (κ3) is 5.91. The molecule has 36 heavy (non-hydrogen) atoms. The molecule has 2 heterocycles. The fourth-order valence-corrected chi connectivity index (χ4v) is 5.00. The van der Waals surface area contributed by atoms with Crippen molar-refractivity contribution in [3.8, 4) is 16.3 Å². The van der Waals surface area contributed by atoms with Crippen LogP contribution in [0.3, 0.4) is 0 Å². The zero-order valence-electron chi connectivity index (χ0n) is 21.3. The van der Waals surface area contributed by atoms with Crippen LogP contribution < -0.4 is 9.64 Å². The third-order valence-electron chi connectivity index (χ3n) is 5.92. The first-order valence-corrected chi connectivity index (χ1v) is 13.0. The first-order chi connectivity index (χ1) is 17.2. The smallest absolute Gasteiger partial charge is 0.263 e. The van der Waals surface area contributed by atoms with Gasteiger partial charge in [0.1, 0.15) is 29.3 Å². The van der Waals surface area contributed by atoms with Crippen molar-refractivity contribution < 1.29 is 23.4 Å². The number of aryl methyl sites for hydroxylation is 2. The number of halogens is 1. The summed E-state index contributed by atoms with van der Waals surface area (Å²) in [4.78, 5) is 14.7. The molecule has 1 fully saturated rings. The summed E-state index contributed by atoms with van der Waals surface area (Å²) in [5.74, 6) is -0.748.